The molecule has 1 aromatic rings. The molecule has 3 nitrogen and oxygen atoms in total. The van der Waals surface area contributed by atoms with E-state index >= 15 is 0 Å². The summed E-state index contributed by atoms with van der Waals surface area (Å²) < 4.78 is 46.4. The van der Waals surface area contributed by atoms with Crippen molar-refractivity contribution in [3.63, 3.8) is 0 Å². The molecule has 20 heavy (non-hydrogen) atoms. The van der Waals surface area contributed by atoms with Gasteiger partial charge in [0, 0.05) is 13.7 Å². The Balaban J connectivity index is 2.32. The highest BCUT2D eigenvalue weighted by Gasteiger charge is 2.26. The molecule has 0 aliphatic heterocycles. The smallest absolute Gasteiger partial charge is 0.401 e. The fraction of sp³-hybridized carbons (Fsp3) is 0.571. The summed E-state index contributed by atoms with van der Waals surface area (Å²) in [5, 5.41) is 2.32. The summed E-state index contributed by atoms with van der Waals surface area (Å²) in [4.78, 5) is 0. The highest BCUT2D eigenvalue weighted by molar-refractivity contribution is 5.27. The van der Waals surface area contributed by atoms with Crippen molar-refractivity contribution in [1.29, 1.82) is 0 Å². The SMILES string of the molecule is COCCc1ccc(OC(C)CNCC(F)(F)F)cc1. The molecular weight excluding hydrogens is 271 g/mol. The monoisotopic (exact) mass is 291 g/mol. The first kappa shape index (κ1) is 16.8. The van der Waals surface area contributed by atoms with Gasteiger partial charge in [-0.2, -0.15) is 13.2 Å². The first-order chi connectivity index (χ1) is 9.40. The van der Waals surface area contributed by atoms with Crippen molar-refractivity contribution in [2.75, 3.05) is 26.8 Å². The van der Waals surface area contributed by atoms with Crippen molar-refractivity contribution in [2.45, 2.75) is 25.6 Å². The Labute approximate surface area is 117 Å². The first-order valence-electron chi connectivity index (χ1n) is 6.42. The Bertz CT molecular complexity index is 379. The molecule has 0 saturated carbocycles. The summed E-state index contributed by atoms with van der Waals surface area (Å²) in [5.74, 6) is 0.646. The van der Waals surface area contributed by atoms with Crippen LogP contribution in [-0.4, -0.2) is 39.1 Å². The Hall–Kier alpha value is -1.27. The van der Waals surface area contributed by atoms with Gasteiger partial charge in [-0.1, -0.05) is 12.1 Å². The van der Waals surface area contributed by atoms with Crippen LogP contribution in [0.5, 0.6) is 5.75 Å². The maximum atomic E-state index is 12.0. The lowest BCUT2D eigenvalue weighted by molar-refractivity contribution is -0.125. The van der Waals surface area contributed by atoms with Crippen LogP contribution in [0.2, 0.25) is 0 Å². The van der Waals surface area contributed by atoms with E-state index in [9.17, 15) is 13.2 Å². The lowest BCUT2D eigenvalue weighted by atomic mass is 10.1. The van der Waals surface area contributed by atoms with Crippen molar-refractivity contribution in [2.24, 2.45) is 0 Å². The minimum Gasteiger partial charge on any atom is -0.489 e. The zero-order valence-corrected chi connectivity index (χ0v) is 11.7. The van der Waals surface area contributed by atoms with Crippen LogP contribution < -0.4 is 10.1 Å². The molecule has 0 saturated heterocycles. The third-order valence-electron chi connectivity index (χ3n) is 2.61. The summed E-state index contributed by atoms with van der Waals surface area (Å²) in [6.07, 6.45) is -3.70. The van der Waals surface area contributed by atoms with Gasteiger partial charge < -0.3 is 14.8 Å². The molecule has 114 valence electrons. The maximum Gasteiger partial charge on any atom is 0.401 e. The number of halogens is 3. The predicted molar refractivity (Wildman–Crippen MR) is 71.0 cm³/mol. The van der Waals surface area contributed by atoms with E-state index in [0.29, 0.717) is 12.4 Å². The van der Waals surface area contributed by atoms with Gasteiger partial charge in [0.1, 0.15) is 11.9 Å². The molecule has 0 bridgehead atoms. The number of methoxy groups -OCH3 is 1. The summed E-state index contributed by atoms with van der Waals surface area (Å²) in [7, 11) is 1.65. The molecule has 0 aliphatic rings. The van der Waals surface area contributed by atoms with Crippen LogP contribution in [0.1, 0.15) is 12.5 Å². The minimum atomic E-state index is -4.19. The molecule has 0 amide bonds. The Morgan fingerprint density at radius 1 is 1.20 bits per heavy atom. The predicted octanol–water partition coefficient (Wildman–Crippen LogP) is 2.79. The molecule has 1 rings (SSSR count). The fourth-order valence-electron chi connectivity index (χ4n) is 1.65. The van der Waals surface area contributed by atoms with Crippen LogP contribution >= 0.6 is 0 Å². The quantitative estimate of drug-likeness (QED) is 0.799. The Morgan fingerprint density at radius 2 is 1.85 bits per heavy atom. The summed E-state index contributed by atoms with van der Waals surface area (Å²) in [5.41, 5.74) is 1.13. The number of nitrogens with one attached hydrogen (secondary N) is 1. The fourth-order valence-corrected chi connectivity index (χ4v) is 1.65. The second kappa shape index (κ2) is 8.11. The van der Waals surface area contributed by atoms with Crippen molar-refractivity contribution in [3.8, 4) is 5.75 Å². The number of rotatable bonds is 8. The summed E-state index contributed by atoms with van der Waals surface area (Å²) in [6.45, 7) is 1.52. The lowest BCUT2D eigenvalue weighted by Gasteiger charge is -2.16. The van der Waals surface area contributed by atoms with Gasteiger partial charge in [-0.25, -0.2) is 0 Å². The molecule has 0 aliphatic carbocycles. The molecule has 6 heteroatoms. The van der Waals surface area contributed by atoms with Crippen molar-refractivity contribution >= 4 is 0 Å². The number of benzene rings is 1. The zero-order chi connectivity index (χ0) is 15.0. The van der Waals surface area contributed by atoms with Gasteiger partial charge >= 0.3 is 6.18 Å². The summed E-state index contributed by atoms with van der Waals surface area (Å²) in [6, 6.07) is 7.46. The van der Waals surface area contributed by atoms with Crippen molar-refractivity contribution < 1.29 is 22.6 Å². The number of alkyl halides is 3. The lowest BCUT2D eigenvalue weighted by Crippen LogP contribution is -2.35. The van der Waals surface area contributed by atoms with Gasteiger partial charge in [0.05, 0.1) is 13.2 Å². The van der Waals surface area contributed by atoms with Gasteiger partial charge in [-0.3, -0.25) is 0 Å². The van der Waals surface area contributed by atoms with Crippen molar-refractivity contribution in [1.82, 2.24) is 5.32 Å². The molecule has 1 atom stereocenters. The molecule has 1 unspecified atom stereocenters. The maximum absolute atomic E-state index is 12.0. The topological polar surface area (TPSA) is 30.5 Å². The molecular formula is C14H20F3NO2. The molecule has 0 aromatic heterocycles. The molecule has 0 radical (unpaired) electrons. The van der Waals surface area contributed by atoms with E-state index in [2.05, 4.69) is 5.32 Å². The number of hydrogen-bond donors (Lipinski definition) is 1. The Kier molecular flexibility index (Phi) is 6.81. The van der Waals surface area contributed by atoms with E-state index < -0.39 is 12.7 Å². The second-order valence-corrected chi connectivity index (χ2v) is 4.56. The second-order valence-electron chi connectivity index (χ2n) is 4.56. The van der Waals surface area contributed by atoms with E-state index in [1.165, 1.54) is 0 Å². The average Bonchev–Trinajstić information content (AvgIpc) is 2.36. The third-order valence-corrected chi connectivity index (χ3v) is 2.61. The van der Waals surface area contributed by atoms with E-state index in [4.69, 9.17) is 9.47 Å². The van der Waals surface area contributed by atoms with Crippen LogP contribution in [-0.2, 0) is 11.2 Å². The average molecular weight is 291 g/mol. The first-order valence-corrected chi connectivity index (χ1v) is 6.42. The molecule has 0 fully saturated rings. The molecule has 1 aromatic carbocycles. The highest BCUT2D eigenvalue weighted by atomic mass is 19.4. The molecule has 1 N–H and O–H groups in total. The summed E-state index contributed by atoms with van der Waals surface area (Å²) >= 11 is 0. The van der Waals surface area contributed by atoms with Crippen LogP contribution in [0.3, 0.4) is 0 Å². The highest BCUT2D eigenvalue weighted by Crippen LogP contribution is 2.15. The zero-order valence-electron chi connectivity index (χ0n) is 11.7. The van der Waals surface area contributed by atoms with Gasteiger partial charge in [0.25, 0.3) is 0 Å². The van der Waals surface area contributed by atoms with Gasteiger partial charge in [-0.05, 0) is 31.0 Å². The Morgan fingerprint density at radius 3 is 2.40 bits per heavy atom. The number of ether oxygens (including phenoxy) is 2. The van der Waals surface area contributed by atoms with Gasteiger partial charge in [0.2, 0.25) is 0 Å². The van der Waals surface area contributed by atoms with E-state index in [-0.39, 0.29) is 12.6 Å². The molecule has 0 heterocycles. The standard InChI is InChI=1S/C14H20F3NO2/c1-11(9-18-10-14(15,16)17)20-13-5-3-12(4-6-13)7-8-19-2/h3-6,11,18H,7-10H2,1-2H3. The van der Waals surface area contributed by atoms with E-state index in [1.54, 1.807) is 14.0 Å². The van der Waals surface area contributed by atoms with Crippen molar-refractivity contribution in [3.05, 3.63) is 29.8 Å². The van der Waals surface area contributed by atoms with Gasteiger partial charge in [0.15, 0.2) is 0 Å². The minimum absolute atomic E-state index is 0.144. The van der Waals surface area contributed by atoms with Crippen LogP contribution in [0.4, 0.5) is 13.2 Å². The largest absolute Gasteiger partial charge is 0.489 e. The van der Waals surface area contributed by atoms with Gasteiger partial charge in [-0.15, -0.1) is 0 Å². The van der Waals surface area contributed by atoms with E-state index in [0.717, 1.165) is 12.0 Å². The van der Waals surface area contributed by atoms with Crippen LogP contribution in [0.15, 0.2) is 24.3 Å². The normalized spacial score (nSPS) is 13.2. The van der Waals surface area contributed by atoms with Crippen LogP contribution in [0.25, 0.3) is 0 Å². The molecule has 0 spiro atoms. The third kappa shape index (κ3) is 7.35. The van der Waals surface area contributed by atoms with E-state index in [1.807, 2.05) is 24.3 Å². The number of hydrogen-bond acceptors (Lipinski definition) is 3. The van der Waals surface area contributed by atoms with Crippen LogP contribution in [0, 0.1) is 0 Å².